The van der Waals surface area contributed by atoms with Gasteiger partial charge in [-0.05, 0) is 49.1 Å². The summed E-state index contributed by atoms with van der Waals surface area (Å²) >= 11 is 2.88. The fourth-order valence-corrected chi connectivity index (χ4v) is 1.60. The molecule has 0 N–H and O–H groups in total. The maximum atomic E-state index is 13.8. The molecule has 18 heavy (non-hydrogen) atoms. The second-order valence-electron chi connectivity index (χ2n) is 4.18. The molecule has 0 aromatic heterocycles. The van der Waals surface area contributed by atoms with Crippen LogP contribution in [0.4, 0.5) is 13.2 Å². The SMILES string of the molecule is CC(OCC(F)(F)c1cccc(Br)c1F)N(C)C. The van der Waals surface area contributed by atoms with Gasteiger partial charge in [-0.1, -0.05) is 6.07 Å². The van der Waals surface area contributed by atoms with Crippen LogP contribution in [0.3, 0.4) is 0 Å². The lowest BCUT2D eigenvalue weighted by molar-refractivity contribution is -0.130. The molecule has 0 aliphatic carbocycles. The average Bonchev–Trinajstić information content (AvgIpc) is 2.29. The average molecular weight is 326 g/mol. The van der Waals surface area contributed by atoms with Gasteiger partial charge in [0.25, 0.3) is 5.92 Å². The molecule has 2 nitrogen and oxygen atoms in total. The van der Waals surface area contributed by atoms with E-state index in [9.17, 15) is 13.2 Å². The Labute approximate surface area is 113 Å². The summed E-state index contributed by atoms with van der Waals surface area (Å²) in [6.07, 6.45) is -0.467. The highest BCUT2D eigenvalue weighted by atomic mass is 79.9. The second kappa shape index (κ2) is 6.04. The Hall–Kier alpha value is -0.590. The molecule has 0 fully saturated rings. The van der Waals surface area contributed by atoms with Crippen molar-refractivity contribution in [2.24, 2.45) is 0 Å². The molecule has 1 atom stereocenters. The summed E-state index contributed by atoms with van der Waals surface area (Å²) in [5, 5.41) is 0. The monoisotopic (exact) mass is 325 g/mol. The quantitative estimate of drug-likeness (QED) is 0.767. The van der Waals surface area contributed by atoms with Crippen molar-refractivity contribution in [3.05, 3.63) is 34.1 Å². The van der Waals surface area contributed by atoms with Gasteiger partial charge < -0.3 is 4.74 Å². The van der Waals surface area contributed by atoms with E-state index in [2.05, 4.69) is 15.9 Å². The Kier molecular flexibility index (Phi) is 5.19. The highest BCUT2D eigenvalue weighted by Gasteiger charge is 2.36. The van der Waals surface area contributed by atoms with Gasteiger partial charge in [0.2, 0.25) is 0 Å². The number of ether oxygens (including phenoxy) is 1. The first-order valence-electron chi connectivity index (χ1n) is 5.36. The second-order valence-corrected chi connectivity index (χ2v) is 5.03. The number of nitrogens with zero attached hydrogens (tertiary/aromatic N) is 1. The van der Waals surface area contributed by atoms with Gasteiger partial charge >= 0.3 is 0 Å². The summed E-state index contributed by atoms with van der Waals surface area (Å²) in [5.41, 5.74) is -0.664. The molecule has 0 bridgehead atoms. The minimum atomic E-state index is -3.36. The third-order valence-electron chi connectivity index (χ3n) is 2.58. The van der Waals surface area contributed by atoms with Crippen LogP contribution in [0.5, 0.6) is 0 Å². The molecule has 1 aromatic rings. The number of hydrogen-bond acceptors (Lipinski definition) is 2. The van der Waals surface area contributed by atoms with Crippen molar-refractivity contribution in [1.82, 2.24) is 4.90 Å². The van der Waals surface area contributed by atoms with Gasteiger partial charge in [0.15, 0.2) is 0 Å². The van der Waals surface area contributed by atoms with Crippen LogP contribution in [-0.2, 0) is 10.7 Å². The molecule has 1 rings (SSSR count). The van der Waals surface area contributed by atoms with Gasteiger partial charge in [0.1, 0.15) is 18.7 Å². The third-order valence-corrected chi connectivity index (χ3v) is 3.19. The summed E-state index contributed by atoms with van der Waals surface area (Å²) < 4.78 is 46.2. The third kappa shape index (κ3) is 3.70. The molecule has 6 heteroatoms. The van der Waals surface area contributed by atoms with Crippen LogP contribution < -0.4 is 0 Å². The van der Waals surface area contributed by atoms with Crippen molar-refractivity contribution in [1.29, 1.82) is 0 Å². The maximum Gasteiger partial charge on any atom is 0.298 e. The van der Waals surface area contributed by atoms with E-state index in [1.54, 1.807) is 25.9 Å². The molecule has 0 saturated carbocycles. The van der Waals surface area contributed by atoms with E-state index in [1.807, 2.05) is 0 Å². The minimum Gasteiger partial charge on any atom is -0.357 e. The first kappa shape index (κ1) is 15.5. The Bertz CT molecular complexity index is 412. The zero-order valence-electron chi connectivity index (χ0n) is 10.4. The summed E-state index contributed by atoms with van der Waals surface area (Å²) in [6.45, 7) is 0.785. The predicted octanol–water partition coefficient (Wildman–Crippen LogP) is 3.60. The largest absolute Gasteiger partial charge is 0.357 e. The lowest BCUT2D eigenvalue weighted by Crippen LogP contribution is -2.32. The zero-order chi connectivity index (χ0) is 13.9. The molecule has 0 amide bonds. The number of rotatable bonds is 5. The van der Waals surface area contributed by atoms with E-state index in [-0.39, 0.29) is 4.47 Å². The van der Waals surface area contributed by atoms with Crippen LogP contribution in [-0.4, -0.2) is 31.8 Å². The molecule has 0 saturated heterocycles. The molecular formula is C12H15BrF3NO. The zero-order valence-corrected chi connectivity index (χ0v) is 12.0. The van der Waals surface area contributed by atoms with Crippen LogP contribution in [0.1, 0.15) is 12.5 Å². The number of hydrogen-bond donors (Lipinski definition) is 0. The topological polar surface area (TPSA) is 12.5 Å². The van der Waals surface area contributed by atoms with Gasteiger partial charge in [0.05, 0.1) is 10.0 Å². The molecule has 102 valence electrons. The molecular weight excluding hydrogens is 311 g/mol. The van der Waals surface area contributed by atoms with Crippen molar-refractivity contribution >= 4 is 15.9 Å². The molecule has 0 radical (unpaired) electrons. The first-order chi connectivity index (χ1) is 8.25. The van der Waals surface area contributed by atoms with Gasteiger partial charge in [-0.2, -0.15) is 8.78 Å². The highest BCUT2D eigenvalue weighted by molar-refractivity contribution is 9.10. The molecule has 1 unspecified atom stereocenters. The van der Waals surface area contributed by atoms with Crippen molar-refractivity contribution in [3.63, 3.8) is 0 Å². The van der Waals surface area contributed by atoms with Crippen molar-refractivity contribution in [2.75, 3.05) is 20.7 Å². The fraction of sp³-hybridized carbons (Fsp3) is 0.500. The molecule has 1 aromatic carbocycles. The lowest BCUT2D eigenvalue weighted by atomic mass is 10.1. The van der Waals surface area contributed by atoms with Gasteiger partial charge in [-0.3, -0.25) is 4.90 Å². The van der Waals surface area contributed by atoms with Gasteiger partial charge in [-0.25, -0.2) is 4.39 Å². The highest BCUT2D eigenvalue weighted by Crippen LogP contribution is 2.33. The van der Waals surface area contributed by atoms with Crippen LogP contribution in [0, 0.1) is 5.82 Å². The van der Waals surface area contributed by atoms with Crippen molar-refractivity contribution in [3.8, 4) is 0 Å². The van der Waals surface area contributed by atoms with E-state index in [1.165, 1.54) is 12.1 Å². The molecule has 0 spiro atoms. The Morgan fingerprint density at radius 1 is 1.39 bits per heavy atom. The number of benzene rings is 1. The molecule has 0 heterocycles. The summed E-state index contributed by atoms with van der Waals surface area (Å²) in [7, 11) is 3.42. The molecule has 0 aliphatic rings. The maximum absolute atomic E-state index is 13.8. The normalized spacial score (nSPS) is 14.0. The van der Waals surface area contributed by atoms with E-state index >= 15 is 0 Å². The molecule has 0 aliphatic heterocycles. The van der Waals surface area contributed by atoms with Gasteiger partial charge in [0, 0.05) is 0 Å². The van der Waals surface area contributed by atoms with E-state index in [4.69, 9.17) is 4.74 Å². The number of alkyl halides is 2. The van der Waals surface area contributed by atoms with E-state index < -0.39 is 30.1 Å². The van der Waals surface area contributed by atoms with E-state index in [0.29, 0.717) is 0 Å². The van der Waals surface area contributed by atoms with Crippen molar-refractivity contribution < 1.29 is 17.9 Å². The summed E-state index contributed by atoms with van der Waals surface area (Å²) in [4.78, 5) is 1.65. The first-order valence-corrected chi connectivity index (χ1v) is 6.15. The standard InChI is InChI=1S/C12H15BrF3NO/c1-8(17(2)3)18-7-12(15,16)9-5-4-6-10(13)11(9)14/h4-6,8H,7H2,1-3H3. The van der Waals surface area contributed by atoms with E-state index in [0.717, 1.165) is 6.07 Å². The van der Waals surface area contributed by atoms with Crippen LogP contribution in [0.2, 0.25) is 0 Å². The number of halogens is 4. The van der Waals surface area contributed by atoms with Crippen LogP contribution in [0.15, 0.2) is 22.7 Å². The minimum absolute atomic E-state index is 0.0142. The summed E-state index contributed by atoms with van der Waals surface area (Å²) in [5.74, 6) is -4.32. The van der Waals surface area contributed by atoms with Crippen LogP contribution >= 0.6 is 15.9 Å². The lowest BCUT2D eigenvalue weighted by Gasteiger charge is -2.24. The Balaban J connectivity index is 2.83. The van der Waals surface area contributed by atoms with Gasteiger partial charge in [-0.15, -0.1) is 0 Å². The predicted molar refractivity (Wildman–Crippen MR) is 67.1 cm³/mol. The Morgan fingerprint density at radius 2 is 2.00 bits per heavy atom. The van der Waals surface area contributed by atoms with Crippen molar-refractivity contribution in [2.45, 2.75) is 19.1 Å². The fourth-order valence-electron chi connectivity index (χ4n) is 1.24. The Morgan fingerprint density at radius 3 is 2.56 bits per heavy atom. The smallest absolute Gasteiger partial charge is 0.298 e. The summed E-state index contributed by atoms with van der Waals surface area (Å²) in [6, 6.07) is 3.80. The van der Waals surface area contributed by atoms with Crippen LogP contribution in [0.25, 0.3) is 0 Å².